The number of hydrogen-bond donors (Lipinski definition) is 0. The lowest BCUT2D eigenvalue weighted by molar-refractivity contribution is -0.148. The summed E-state index contributed by atoms with van der Waals surface area (Å²) in [6.07, 6.45) is 11.6. The molecule has 3 fully saturated rings. The van der Waals surface area contributed by atoms with Crippen LogP contribution in [0.25, 0.3) is 16.8 Å². The van der Waals surface area contributed by atoms with Gasteiger partial charge in [-0.3, -0.25) is 9.59 Å². The number of Topliss-reactive ketones (excluding diaryl/α,β-unsaturated/α-hetero) is 1. The third-order valence-electron chi connectivity index (χ3n) is 10.1. The Morgan fingerprint density at radius 2 is 1.74 bits per heavy atom. The molecule has 0 aromatic heterocycles. The van der Waals surface area contributed by atoms with E-state index in [0.717, 1.165) is 56.1 Å². The highest BCUT2D eigenvalue weighted by atomic mass is 16.5. The zero-order valence-corrected chi connectivity index (χ0v) is 21.2. The second kappa shape index (κ2) is 8.18. The summed E-state index contributed by atoms with van der Waals surface area (Å²) >= 11 is 0. The number of benzene rings is 2. The molecule has 3 heteroatoms. The lowest BCUT2D eigenvalue weighted by Gasteiger charge is -2.56. The van der Waals surface area contributed by atoms with Gasteiger partial charge in [0.05, 0.1) is 0 Å². The molecule has 0 heterocycles. The Morgan fingerprint density at radius 1 is 0.971 bits per heavy atom. The molecular weight excluding hydrogens is 432 g/mol. The molecule has 2 aromatic carbocycles. The van der Waals surface area contributed by atoms with E-state index in [4.69, 9.17) is 4.74 Å². The van der Waals surface area contributed by atoms with Crippen LogP contribution in [0.2, 0.25) is 0 Å². The van der Waals surface area contributed by atoms with E-state index < -0.39 is 0 Å². The second-order valence-corrected chi connectivity index (χ2v) is 12.0. The fourth-order valence-electron chi connectivity index (χ4n) is 8.26. The molecule has 182 valence electrons. The molecule has 0 radical (unpaired) electrons. The average Bonchev–Trinajstić information content (AvgIpc) is 3.09. The molecule has 0 N–H and O–H groups in total. The first kappa shape index (κ1) is 22.8. The molecule has 4 aliphatic carbocycles. The van der Waals surface area contributed by atoms with Crippen LogP contribution in [0.3, 0.4) is 0 Å². The molecule has 0 spiro atoms. The number of ketones is 1. The van der Waals surface area contributed by atoms with Crippen molar-refractivity contribution in [1.29, 1.82) is 0 Å². The minimum Gasteiger partial charge on any atom is -0.462 e. The Hall–Kier alpha value is -2.68. The molecule has 2 aromatic rings. The molecule has 0 saturated heterocycles. The standard InChI is InChI=1S/C32H36O3/c1-20(33)35-26-12-14-31(2)25(19-26)10-11-27-28(31)13-15-32(3)29(27)18-24(30(32)34)17-21-8-9-22-6-4-5-7-23(22)16-21/h4-10,16-17,26-29H,11-15,18-19H2,1-3H3/b24-17+/t26-,27-,28+,29+,31-,32-/m0/s1. The number of ether oxygens (including phenoxy) is 1. The molecule has 0 amide bonds. The van der Waals surface area contributed by atoms with Crippen LogP contribution >= 0.6 is 0 Å². The lowest BCUT2D eigenvalue weighted by atomic mass is 9.48. The molecule has 0 aliphatic heterocycles. The molecular formula is C32H36O3. The summed E-state index contributed by atoms with van der Waals surface area (Å²) in [7, 11) is 0. The number of allylic oxidation sites excluding steroid dienone is 2. The minimum atomic E-state index is -0.236. The van der Waals surface area contributed by atoms with Crippen LogP contribution in [0.1, 0.15) is 71.3 Å². The van der Waals surface area contributed by atoms with Crippen molar-refractivity contribution in [3.63, 3.8) is 0 Å². The van der Waals surface area contributed by atoms with Crippen molar-refractivity contribution < 1.29 is 14.3 Å². The van der Waals surface area contributed by atoms with Gasteiger partial charge in [-0.2, -0.15) is 0 Å². The Balaban J connectivity index is 1.29. The van der Waals surface area contributed by atoms with E-state index in [1.54, 1.807) is 0 Å². The zero-order chi connectivity index (χ0) is 24.4. The molecule has 0 bridgehead atoms. The monoisotopic (exact) mass is 468 g/mol. The Kier molecular flexibility index (Phi) is 5.32. The van der Waals surface area contributed by atoms with E-state index in [1.165, 1.54) is 23.3 Å². The maximum Gasteiger partial charge on any atom is 0.302 e. The summed E-state index contributed by atoms with van der Waals surface area (Å²) in [5.41, 5.74) is 3.59. The first-order chi connectivity index (χ1) is 16.8. The summed E-state index contributed by atoms with van der Waals surface area (Å²) in [5, 5.41) is 2.45. The number of fused-ring (bicyclic) bond motifs is 6. The highest BCUT2D eigenvalue weighted by Gasteiger charge is 2.60. The number of carbonyl (C=O) groups excluding carboxylic acids is 2. The van der Waals surface area contributed by atoms with Crippen molar-refractivity contribution in [2.45, 2.75) is 71.8 Å². The van der Waals surface area contributed by atoms with Crippen LogP contribution in [-0.2, 0) is 14.3 Å². The quantitative estimate of drug-likeness (QED) is 0.264. The van der Waals surface area contributed by atoms with Gasteiger partial charge in [0.2, 0.25) is 0 Å². The highest BCUT2D eigenvalue weighted by Crippen LogP contribution is 2.64. The van der Waals surface area contributed by atoms with E-state index >= 15 is 0 Å². The maximum atomic E-state index is 13.8. The summed E-state index contributed by atoms with van der Waals surface area (Å²) < 4.78 is 5.59. The number of esters is 1. The van der Waals surface area contributed by atoms with Crippen LogP contribution in [0.4, 0.5) is 0 Å². The molecule has 6 atom stereocenters. The fraction of sp³-hybridized carbons (Fsp3) is 0.500. The molecule has 35 heavy (non-hydrogen) atoms. The van der Waals surface area contributed by atoms with E-state index in [-0.39, 0.29) is 22.9 Å². The molecule has 4 aliphatic rings. The van der Waals surface area contributed by atoms with Crippen molar-refractivity contribution in [3.05, 3.63) is 65.3 Å². The number of rotatable bonds is 2. The van der Waals surface area contributed by atoms with Crippen molar-refractivity contribution in [2.75, 3.05) is 0 Å². The van der Waals surface area contributed by atoms with Crippen LogP contribution < -0.4 is 0 Å². The third-order valence-corrected chi connectivity index (χ3v) is 10.1. The second-order valence-electron chi connectivity index (χ2n) is 12.0. The predicted octanol–water partition coefficient (Wildman–Crippen LogP) is 7.30. The zero-order valence-electron chi connectivity index (χ0n) is 21.2. The average molecular weight is 469 g/mol. The van der Waals surface area contributed by atoms with Crippen molar-refractivity contribution >= 4 is 28.6 Å². The van der Waals surface area contributed by atoms with E-state index in [0.29, 0.717) is 23.5 Å². The molecule has 3 saturated carbocycles. The Bertz CT molecular complexity index is 1270. The summed E-state index contributed by atoms with van der Waals surface area (Å²) in [5.74, 6) is 1.80. The van der Waals surface area contributed by atoms with Crippen LogP contribution in [-0.4, -0.2) is 17.9 Å². The van der Waals surface area contributed by atoms with Crippen LogP contribution in [0.5, 0.6) is 0 Å². The predicted molar refractivity (Wildman–Crippen MR) is 140 cm³/mol. The van der Waals surface area contributed by atoms with Gasteiger partial charge in [0.25, 0.3) is 0 Å². The van der Waals surface area contributed by atoms with Gasteiger partial charge in [-0.05, 0) is 95.7 Å². The highest BCUT2D eigenvalue weighted by molar-refractivity contribution is 6.06. The van der Waals surface area contributed by atoms with Crippen LogP contribution in [0.15, 0.2) is 59.7 Å². The van der Waals surface area contributed by atoms with Gasteiger partial charge >= 0.3 is 5.97 Å². The van der Waals surface area contributed by atoms with Gasteiger partial charge in [-0.25, -0.2) is 0 Å². The minimum absolute atomic E-state index is 0.0294. The van der Waals surface area contributed by atoms with Crippen molar-refractivity contribution in [2.24, 2.45) is 28.6 Å². The first-order valence-electron chi connectivity index (χ1n) is 13.4. The van der Waals surface area contributed by atoms with Gasteiger partial charge in [0.15, 0.2) is 5.78 Å². The number of hydrogen-bond acceptors (Lipinski definition) is 3. The smallest absolute Gasteiger partial charge is 0.302 e. The summed E-state index contributed by atoms with van der Waals surface area (Å²) in [6.45, 7) is 6.21. The van der Waals surface area contributed by atoms with E-state index in [9.17, 15) is 9.59 Å². The number of carbonyl (C=O) groups is 2. The van der Waals surface area contributed by atoms with E-state index in [1.807, 2.05) is 0 Å². The summed E-state index contributed by atoms with van der Waals surface area (Å²) in [6, 6.07) is 14.9. The lowest BCUT2D eigenvalue weighted by Crippen LogP contribution is -2.50. The molecule has 6 rings (SSSR count). The van der Waals surface area contributed by atoms with Gasteiger partial charge in [0.1, 0.15) is 6.10 Å². The van der Waals surface area contributed by atoms with Gasteiger partial charge in [0, 0.05) is 18.8 Å². The largest absolute Gasteiger partial charge is 0.462 e. The Labute approximate surface area is 208 Å². The van der Waals surface area contributed by atoms with Crippen molar-refractivity contribution in [3.8, 4) is 0 Å². The van der Waals surface area contributed by atoms with Gasteiger partial charge < -0.3 is 4.74 Å². The fourth-order valence-corrected chi connectivity index (χ4v) is 8.26. The van der Waals surface area contributed by atoms with Crippen molar-refractivity contribution in [1.82, 2.24) is 0 Å². The van der Waals surface area contributed by atoms with E-state index in [2.05, 4.69) is 68.5 Å². The first-order valence-corrected chi connectivity index (χ1v) is 13.4. The topological polar surface area (TPSA) is 43.4 Å². The Morgan fingerprint density at radius 3 is 2.54 bits per heavy atom. The summed E-state index contributed by atoms with van der Waals surface area (Å²) in [4.78, 5) is 25.3. The van der Waals surface area contributed by atoms with Gasteiger partial charge in [-0.1, -0.05) is 61.9 Å². The van der Waals surface area contributed by atoms with Gasteiger partial charge in [-0.15, -0.1) is 0 Å². The molecule has 3 nitrogen and oxygen atoms in total. The normalized spacial score (nSPS) is 37.4. The van der Waals surface area contributed by atoms with Crippen LogP contribution in [0, 0.1) is 28.6 Å². The SMILES string of the molecule is CC(=O)O[C@H]1CC[C@@]2(C)C(=CC[C@H]3[C@H]2CC[C@]2(C)C(=O)/C(=C/c4ccc5ccccc5c4)C[C@H]32)C1. The third kappa shape index (κ3) is 3.61. The maximum absolute atomic E-state index is 13.8. The molecule has 0 unspecified atom stereocenters.